The summed E-state index contributed by atoms with van der Waals surface area (Å²) in [6.07, 6.45) is 2.73. The number of benzene rings is 1. The van der Waals surface area contributed by atoms with Gasteiger partial charge in [0.25, 0.3) is 11.8 Å². The highest BCUT2D eigenvalue weighted by molar-refractivity contribution is 7.10. The first-order chi connectivity index (χ1) is 25.7. The maximum absolute atomic E-state index is 15.2. The van der Waals surface area contributed by atoms with Crippen LogP contribution >= 0.6 is 11.3 Å². The highest BCUT2D eigenvalue weighted by atomic mass is 32.1. The molecule has 0 radical (unpaired) electrons. The minimum atomic E-state index is -3.15. The zero-order chi connectivity index (χ0) is 38.3. The maximum Gasteiger partial charge on any atom is 0.325 e. The van der Waals surface area contributed by atoms with Gasteiger partial charge in [-0.15, -0.1) is 11.3 Å². The Morgan fingerprint density at radius 3 is 2.74 bits per heavy atom. The fourth-order valence-corrected chi connectivity index (χ4v) is 9.21. The lowest BCUT2D eigenvalue weighted by Gasteiger charge is -2.34. The Kier molecular flexibility index (Phi) is 9.16. The highest BCUT2D eigenvalue weighted by Gasteiger charge is 2.75. The third-order valence-corrected chi connectivity index (χ3v) is 12.6. The van der Waals surface area contributed by atoms with Crippen LogP contribution in [-0.4, -0.2) is 75.6 Å². The molecule has 5 heterocycles. The maximum atomic E-state index is 15.2. The lowest BCUT2D eigenvalue weighted by Crippen LogP contribution is -2.61. The second-order valence-corrected chi connectivity index (χ2v) is 17.1. The third-order valence-electron chi connectivity index (χ3n) is 11.7. The van der Waals surface area contributed by atoms with Crippen LogP contribution in [0.5, 0.6) is 0 Å². The first-order valence-electron chi connectivity index (χ1n) is 18.7. The van der Waals surface area contributed by atoms with Crippen molar-refractivity contribution in [2.24, 2.45) is 29.1 Å². The van der Waals surface area contributed by atoms with Crippen molar-refractivity contribution in [1.29, 1.82) is 0 Å². The van der Waals surface area contributed by atoms with Gasteiger partial charge in [0, 0.05) is 71.6 Å². The van der Waals surface area contributed by atoms with Crippen molar-refractivity contribution >= 4 is 40.0 Å². The lowest BCUT2D eigenvalue weighted by atomic mass is 9.84. The van der Waals surface area contributed by atoms with E-state index in [9.17, 15) is 14.4 Å². The number of ether oxygens (including phenoxy) is 2. The van der Waals surface area contributed by atoms with Gasteiger partial charge in [0.05, 0.1) is 46.6 Å². The van der Waals surface area contributed by atoms with Gasteiger partial charge in [-0.25, -0.2) is 19.2 Å². The van der Waals surface area contributed by atoms with Crippen LogP contribution in [0.2, 0.25) is 0 Å². The summed E-state index contributed by atoms with van der Waals surface area (Å²) in [5.41, 5.74) is 8.53. The fourth-order valence-electron chi connectivity index (χ4n) is 8.36. The molecule has 2 amide bonds. The van der Waals surface area contributed by atoms with Crippen molar-refractivity contribution < 1.29 is 32.6 Å². The van der Waals surface area contributed by atoms with Gasteiger partial charge < -0.3 is 19.4 Å². The van der Waals surface area contributed by atoms with E-state index in [1.165, 1.54) is 11.3 Å². The van der Waals surface area contributed by atoms with Gasteiger partial charge in [-0.2, -0.15) is 0 Å². The van der Waals surface area contributed by atoms with Crippen LogP contribution in [0.15, 0.2) is 41.9 Å². The summed E-state index contributed by atoms with van der Waals surface area (Å²) in [4.78, 5) is 50.8. The monoisotopic (exact) mass is 760 g/mol. The average Bonchev–Trinajstić information content (AvgIpc) is 3.87. The fraction of sp³-hybridized carbons (Fsp3) is 0.525. The average molecular weight is 761 g/mol. The molecule has 286 valence electrons. The molecule has 6 bridgehead atoms. The number of cyclic esters (lactones) is 1. The van der Waals surface area contributed by atoms with Crippen LogP contribution < -0.4 is 10.7 Å². The predicted molar refractivity (Wildman–Crippen MR) is 199 cm³/mol. The van der Waals surface area contributed by atoms with Crippen LogP contribution in [0.25, 0.3) is 33.4 Å². The number of methoxy groups -OCH3 is 1. The molecule has 14 heteroatoms. The number of hydrogen-bond acceptors (Lipinski definition) is 9. The molecule has 3 fully saturated rings. The molecule has 0 unspecified atom stereocenters. The molecule has 8 rings (SSSR count). The molecule has 2 saturated carbocycles. The van der Waals surface area contributed by atoms with E-state index in [0.29, 0.717) is 18.0 Å². The van der Waals surface area contributed by atoms with Crippen molar-refractivity contribution in [2.45, 2.75) is 84.5 Å². The molecule has 4 aliphatic rings. The van der Waals surface area contributed by atoms with E-state index >= 15 is 8.78 Å². The van der Waals surface area contributed by atoms with Gasteiger partial charge in [-0.3, -0.25) is 24.4 Å². The topological polar surface area (TPSA) is 128 Å². The summed E-state index contributed by atoms with van der Waals surface area (Å²) >= 11 is 1.37. The van der Waals surface area contributed by atoms with E-state index in [1.807, 2.05) is 51.3 Å². The number of aryl methyl sites for hydroxylation is 1. The number of esters is 1. The number of alkyl halides is 2. The first kappa shape index (κ1) is 36.7. The van der Waals surface area contributed by atoms with Crippen molar-refractivity contribution in [1.82, 2.24) is 30.3 Å². The van der Waals surface area contributed by atoms with E-state index in [0.717, 1.165) is 56.1 Å². The number of hydrogen-bond donors (Lipinski definition) is 2. The van der Waals surface area contributed by atoms with E-state index in [4.69, 9.17) is 19.4 Å². The number of rotatable bonds is 6. The zero-order valence-electron chi connectivity index (χ0n) is 31.3. The molecule has 11 nitrogen and oxygen atoms in total. The molecule has 54 heavy (non-hydrogen) atoms. The Balaban J connectivity index is 1.26. The molecule has 7 atom stereocenters. The van der Waals surface area contributed by atoms with Crippen LogP contribution in [-0.2, 0) is 43.2 Å². The number of hydrazine groups is 1. The Bertz CT molecular complexity index is 2150. The van der Waals surface area contributed by atoms with Gasteiger partial charge in [0.1, 0.15) is 12.1 Å². The Morgan fingerprint density at radius 2 is 2.02 bits per heavy atom. The molecule has 2 N–H and O–H groups in total. The Labute approximate surface area is 316 Å². The molecule has 1 saturated heterocycles. The largest absolute Gasteiger partial charge is 0.464 e. The Morgan fingerprint density at radius 1 is 1.24 bits per heavy atom. The van der Waals surface area contributed by atoms with Crippen molar-refractivity contribution in [3.05, 3.63) is 58.2 Å². The number of thiazole rings is 1. The number of carbonyl (C=O) groups excluding carboxylic acids is 3. The standard InChI is InChI=1S/C40H46F2N6O5S/c1-7-47-30-11-10-22-14-25(30)26(35(47)23-9-8-12-43-33(23)21(3)52-6)16-39(4,5)19-53-38(51)34-32-27(40(32,41)42)17-48(46-34)37(50)28(15-31-44-29(22)18-54-31)45-36(49)24-13-20(24)2/h8-12,14,18,20-21,24,27-28,32,34,46H,7,13,15-17,19H2,1-6H3,(H,45,49)/t20-,21-,24-,27-,28-,32-,34-/m0/s1. The minimum absolute atomic E-state index is 0.0546. The molecule has 4 aromatic rings. The van der Waals surface area contributed by atoms with Gasteiger partial charge >= 0.3 is 5.97 Å². The second-order valence-electron chi connectivity index (χ2n) is 16.1. The number of carbonyl (C=O) groups is 3. The van der Waals surface area contributed by atoms with E-state index < -0.39 is 47.1 Å². The number of aromatic nitrogens is 3. The van der Waals surface area contributed by atoms with Gasteiger partial charge in [0.2, 0.25) is 5.91 Å². The summed E-state index contributed by atoms with van der Waals surface area (Å²) in [5.74, 6) is -7.36. The number of nitrogens with one attached hydrogen (secondary N) is 2. The minimum Gasteiger partial charge on any atom is -0.464 e. The first-order valence-corrected chi connectivity index (χ1v) is 19.6. The van der Waals surface area contributed by atoms with Gasteiger partial charge in [-0.05, 0) is 62.4 Å². The lowest BCUT2D eigenvalue weighted by molar-refractivity contribution is -0.156. The van der Waals surface area contributed by atoms with Crippen molar-refractivity contribution in [3.8, 4) is 22.5 Å². The summed E-state index contributed by atoms with van der Waals surface area (Å²) in [5, 5.41) is 7.54. The van der Waals surface area contributed by atoms with Crippen molar-refractivity contribution in [3.63, 3.8) is 0 Å². The second kappa shape index (κ2) is 13.5. The van der Waals surface area contributed by atoms with Crippen LogP contribution in [0.1, 0.15) is 63.4 Å². The van der Waals surface area contributed by atoms with E-state index in [1.54, 1.807) is 13.3 Å². The third kappa shape index (κ3) is 6.39. The molecular formula is C40H46F2N6O5S. The highest BCUT2D eigenvalue weighted by Crippen LogP contribution is 2.59. The van der Waals surface area contributed by atoms with Crippen molar-refractivity contribution in [2.75, 3.05) is 20.3 Å². The van der Waals surface area contributed by atoms with E-state index in [-0.39, 0.29) is 43.4 Å². The number of halogens is 2. The number of fused-ring (bicyclic) bond motifs is 8. The molecule has 2 aliphatic carbocycles. The molecule has 0 spiro atoms. The quantitative estimate of drug-likeness (QED) is 0.231. The zero-order valence-corrected chi connectivity index (χ0v) is 32.1. The predicted octanol–water partition coefficient (Wildman–Crippen LogP) is 5.96. The molecular weight excluding hydrogens is 715 g/mol. The van der Waals surface area contributed by atoms with Gasteiger partial charge in [-0.1, -0.05) is 26.8 Å². The summed E-state index contributed by atoms with van der Waals surface area (Å²) in [7, 11) is 1.66. The van der Waals surface area contributed by atoms with Crippen LogP contribution in [0.4, 0.5) is 8.78 Å². The summed E-state index contributed by atoms with van der Waals surface area (Å²) in [6, 6.07) is 7.72. The number of amides is 2. The number of nitrogens with zero attached hydrogens (tertiary/aromatic N) is 4. The summed E-state index contributed by atoms with van der Waals surface area (Å²) in [6.45, 7) is 10.3. The van der Waals surface area contributed by atoms with Gasteiger partial charge in [0.15, 0.2) is 0 Å². The summed E-state index contributed by atoms with van der Waals surface area (Å²) < 4.78 is 44.4. The van der Waals surface area contributed by atoms with Crippen LogP contribution in [0, 0.1) is 29.1 Å². The SMILES string of the molecule is CCn1c(-c2cccnc2[C@H](C)OC)c2c3cc(ccc31)-c1csc(n1)C[C@H](NC(=O)[C@H]1C[C@@H]1C)C(=O)N1C[C@H]3[C@@H]([C@H](N1)C(=O)OCC(C)(C)C2)C3(F)F. The normalized spacial score (nSPS) is 27.8. The number of pyridine rings is 1. The van der Waals surface area contributed by atoms with Crippen LogP contribution in [0.3, 0.4) is 0 Å². The molecule has 1 aromatic carbocycles. The smallest absolute Gasteiger partial charge is 0.325 e. The Hall–Kier alpha value is -4.27. The molecule has 2 aliphatic heterocycles. The van der Waals surface area contributed by atoms with E-state index in [2.05, 4.69) is 34.4 Å². The molecule has 3 aromatic heterocycles.